The number of ether oxygens (including phenoxy) is 1. The summed E-state index contributed by atoms with van der Waals surface area (Å²) in [4.78, 5) is 31.1. The molecule has 1 aliphatic heterocycles. The smallest absolute Gasteiger partial charge is 0.272 e. The number of fused-ring (bicyclic) bond motifs is 1. The maximum Gasteiger partial charge on any atom is 0.272 e. The molecule has 1 aliphatic rings. The molecule has 4 rings (SSSR count). The van der Waals surface area contributed by atoms with E-state index in [1.807, 2.05) is 0 Å². The van der Waals surface area contributed by atoms with Crippen molar-refractivity contribution in [2.75, 3.05) is 26.8 Å². The van der Waals surface area contributed by atoms with Crippen molar-refractivity contribution in [3.63, 3.8) is 0 Å². The zero-order valence-electron chi connectivity index (χ0n) is 14.8. The second-order valence-corrected chi connectivity index (χ2v) is 6.61. The Kier molecular flexibility index (Phi) is 4.49. The molecular weight excluding hydrogens is 351 g/mol. The van der Waals surface area contributed by atoms with Crippen molar-refractivity contribution in [2.45, 2.75) is 12.3 Å². The Bertz CT molecular complexity index is 1040. The van der Waals surface area contributed by atoms with Crippen LogP contribution < -0.4 is 5.56 Å². The summed E-state index contributed by atoms with van der Waals surface area (Å²) in [5.74, 6) is -0.431. The molecule has 0 aliphatic carbocycles. The van der Waals surface area contributed by atoms with Crippen LogP contribution in [-0.4, -0.2) is 52.2 Å². The van der Waals surface area contributed by atoms with Gasteiger partial charge in [-0.05, 0) is 17.7 Å². The fourth-order valence-corrected chi connectivity index (χ4v) is 3.44. The van der Waals surface area contributed by atoms with Gasteiger partial charge in [-0.15, -0.1) is 0 Å². The van der Waals surface area contributed by atoms with Crippen LogP contribution in [0.25, 0.3) is 16.8 Å². The number of methoxy groups -OCH3 is 1. The van der Waals surface area contributed by atoms with Crippen LogP contribution in [0, 0.1) is 5.82 Å². The molecule has 1 fully saturated rings. The Morgan fingerprint density at radius 3 is 2.81 bits per heavy atom. The number of aromatic amines is 1. The Morgan fingerprint density at radius 1 is 1.30 bits per heavy atom. The molecule has 8 heteroatoms. The summed E-state index contributed by atoms with van der Waals surface area (Å²) < 4.78 is 19.6. The highest BCUT2D eigenvalue weighted by Crippen LogP contribution is 2.28. The molecule has 140 valence electrons. The van der Waals surface area contributed by atoms with E-state index in [1.165, 1.54) is 22.7 Å². The van der Waals surface area contributed by atoms with Crippen molar-refractivity contribution in [1.82, 2.24) is 19.5 Å². The van der Waals surface area contributed by atoms with Crippen LogP contribution in [0.3, 0.4) is 0 Å². The maximum absolute atomic E-state index is 13.2. The molecular formula is C19H19FN4O3. The molecule has 7 nitrogen and oxygen atoms in total. The second-order valence-electron chi connectivity index (χ2n) is 6.61. The van der Waals surface area contributed by atoms with Crippen molar-refractivity contribution >= 4 is 11.6 Å². The minimum atomic E-state index is -0.329. The van der Waals surface area contributed by atoms with Gasteiger partial charge < -0.3 is 9.64 Å². The van der Waals surface area contributed by atoms with Gasteiger partial charge in [-0.2, -0.15) is 0 Å². The summed E-state index contributed by atoms with van der Waals surface area (Å²) >= 11 is 0. The Hall–Kier alpha value is -3.00. The number of halogens is 1. The number of hydrogen-bond donors (Lipinski definition) is 1. The molecule has 2 aromatic heterocycles. The van der Waals surface area contributed by atoms with E-state index < -0.39 is 0 Å². The van der Waals surface area contributed by atoms with Gasteiger partial charge in [0.1, 0.15) is 5.82 Å². The van der Waals surface area contributed by atoms with E-state index in [2.05, 4.69) is 10.1 Å². The van der Waals surface area contributed by atoms with Crippen molar-refractivity contribution in [3.05, 3.63) is 58.4 Å². The van der Waals surface area contributed by atoms with E-state index >= 15 is 0 Å². The first-order valence-electron chi connectivity index (χ1n) is 8.70. The molecule has 0 radical (unpaired) electrons. The highest BCUT2D eigenvalue weighted by atomic mass is 19.1. The molecule has 1 N–H and O–H groups in total. The lowest BCUT2D eigenvalue weighted by atomic mass is 10.0. The van der Waals surface area contributed by atoms with Gasteiger partial charge in [0.2, 0.25) is 5.91 Å². The van der Waals surface area contributed by atoms with Crippen LogP contribution >= 0.6 is 0 Å². The Balaban J connectivity index is 1.71. The van der Waals surface area contributed by atoms with Gasteiger partial charge in [0.05, 0.1) is 12.3 Å². The van der Waals surface area contributed by atoms with E-state index in [-0.39, 0.29) is 23.2 Å². The normalized spacial score (nSPS) is 17.2. The first-order valence-corrected chi connectivity index (χ1v) is 8.70. The number of hydrogen-bond acceptors (Lipinski definition) is 4. The summed E-state index contributed by atoms with van der Waals surface area (Å²) in [5.41, 5.74) is 2.27. The number of H-pyrrole nitrogens is 1. The standard InChI is InChI=1S/C19H19FN4O3/c1-27-7-6-23-11-13(8-17(23)25)16-9-18(26)24-19(22-16)15(10-21-24)12-2-4-14(20)5-3-12/h2-5,9-10,13,21H,6-8,11H2,1H3/t13-/m0/s1. The number of aromatic nitrogens is 3. The first kappa shape index (κ1) is 17.4. The third-order valence-corrected chi connectivity index (χ3v) is 4.87. The third-order valence-electron chi connectivity index (χ3n) is 4.87. The van der Waals surface area contributed by atoms with Crippen LogP contribution in [0.5, 0.6) is 0 Å². The second kappa shape index (κ2) is 6.96. The minimum Gasteiger partial charge on any atom is -0.383 e. The number of carbonyl (C=O) groups is 1. The summed E-state index contributed by atoms with van der Waals surface area (Å²) in [6.07, 6.45) is 1.99. The van der Waals surface area contributed by atoms with Crippen molar-refractivity contribution in [2.24, 2.45) is 0 Å². The van der Waals surface area contributed by atoms with Gasteiger partial charge in [0.15, 0.2) is 5.65 Å². The zero-order valence-corrected chi connectivity index (χ0v) is 14.8. The summed E-state index contributed by atoms with van der Waals surface area (Å²) in [6, 6.07) is 7.48. The molecule has 3 aromatic rings. The molecule has 0 bridgehead atoms. The zero-order chi connectivity index (χ0) is 19.0. The van der Waals surface area contributed by atoms with Crippen molar-refractivity contribution in [1.29, 1.82) is 0 Å². The summed E-state index contributed by atoms with van der Waals surface area (Å²) in [6.45, 7) is 1.51. The lowest BCUT2D eigenvalue weighted by molar-refractivity contribution is -0.128. The SMILES string of the molecule is COCCN1C[C@@H](c2cc(=O)n3[nH]cc(-c4ccc(F)cc4)c3n2)CC1=O. The number of carbonyl (C=O) groups excluding carboxylic acids is 1. The average Bonchev–Trinajstić information content (AvgIpc) is 3.25. The number of benzene rings is 1. The largest absolute Gasteiger partial charge is 0.383 e. The Labute approximate surface area is 154 Å². The maximum atomic E-state index is 13.2. The topological polar surface area (TPSA) is 79.7 Å². The van der Waals surface area contributed by atoms with Gasteiger partial charge in [0, 0.05) is 50.4 Å². The van der Waals surface area contributed by atoms with Gasteiger partial charge >= 0.3 is 0 Å². The number of nitrogens with zero attached hydrogens (tertiary/aromatic N) is 3. The molecule has 27 heavy (non-hydrogen) atoms. The van der Waals surface area contributed by atoms with E-state index in [9.17, 15) is 14.0 Å². The van der Waals surface area contributed by atoms with Crippen LogP contribution in [0.4, 0.5) is 4.39 Å². The number of likely N-dealkylation sites (tertiary alicyclic amines) is 1. The molecule has 0 saturated carbocycles. The molecule has 0 spiro atoms. The number of amides is 1. The van der Waals surface area contributed by atoms with Crippen molar-refractivity contribution in [3.8, 4) is 11.1 Å². The summed E-state index contributed by atoms with van der Waals surface area (Å²) in [5, 5.41) is 2.89. The lowest BCUT2D eigenvalue weighted by Gasteiger charge is -2.15. The average molecular weight is 370 g/mol. The highest BCUT2D eigenvalue weighted by molar-refractivity contribution is 5.80. The monoisotopic (exact) mass is 370 g/mol. The molecule has 1 aromatic carbocycles. The van der Waals surface area contributed by atoms with E-state index in [4.69, 9.17) is 4.74 Å². The number of rotatable bonds is 5. The molecule has 0 unspecified atom stereocenters. The van der Waals surface area contributed by atoms with Crippen LogP contribution in [-0.2, 0) is 9.53 Å². The minimum absolute atomic E-state index is 0.0341. The van der Waals surface area contributed by atoms with Crippen LogP contribution in [0.1, 0.15) is 18.0 Å². The lowest BCUT2D eigenvalue weighted by Crippen LogP contribution is -2.28. The van der Waals surface area contributed by atoms with E-state index in [0.717, 1.165) is 5.56 Å². The van der Waals surface area contributed by atoms with E-state index in [1.54, 1.807) is 30.3 Å². The van der Waals surface area contributed by atoms with Gasteiger partial charge in [-0.25, -0.2) is 13.9 Å². The van der Waals surface area contributed by atoms with Gasteiger partial charge in [-0.1, -0.05) is 12.1 Å². The molecule has 1 saturated heterocycles. The fraction of sp³-hybridized carbons (Fsp3) is 0.316. The van der Waals surface area contributed by atoms with Gasteiger partial charge in [-0.3, -0.25) is 14.7 Å². The molecule has 3 heterocycles. The predicted molar refractivity (Wildman–Crippen MR) is 97.0 cm³/mol. The van der Waals surface area contributed by atoms with Gasteiger partial charge in [0.25, 0.3) is 5.56 Å². The Morgan fingerprint density at radius 2 is 2.07 bits per heavy atom. The van der Waals surface area contributed by atoms with Crippen LogP contribution in [0.15, 0.2) is 41.3 Å². The number of nitrogens with one attached hydrogen (secondary N) is 1. The van der Waals surface area contributed by atoms with E-state index in [0.29, 0.717) is 43.0 Å². The van der Waals surface area contributed by atoms with Crippen LogP contribution in [0.2, 0.25) is 0 Å². The van der Waals surface area contributed by atoms with Crippen molar-refractivity contribution < 1.29 is 13.9 Å². The third kappa shape index (κ3) is 3.23. The molecule has 1 amide bonds. The fourth-order valence-electron chi connectivity index (χ4n) is 3.44. The predicted octanol–water partition coefficient (Wildman–Crippen LogP) is 1.79. The first-order chi connectivity index (χ1) is 13.1. The summed E-state index contributed by atoms with van der Waals surface area (Å²) in [7, 11) is 1.59. The molecule has 1 atom stereocenters. The highest BCUT2D eigenvalue weighted by Gasteiger charge is 2.32. The quantitative estimate of drug-likeness (QED) is 0.743.